The molecular weight excluding hydrogens is 228 g/mol. The van der Waals surface area contributed by atoms with E-state index in [2.05, 4.69) is 5.32 Å². The summed E-state index contributed by atoms with van der Waals surface area (Å²) < 4.78 is 5.56. The summed E-state index contributed by atoms with van der Waals surface area (Å²) in [6, 6.07) is 7.70. The first-order valence-corrected chi connectivity index (χ1v) is 6.20. The molecule has 1 aromatic rings. The molecule has 0 spiro atoms. The number of benzene rings is 1. The Balaban J connectivity index is 1.92. The Morgan fingerprint density at radius 2 is 2.11 bits per heavy atom. The van der Waals surface area contributed by atoms with E-state index < -0.39 is 0 Å². The number of carbonyl (C=O) groups is 1. The Morgan fingerprint density at radius 3 is 2.83 bits per heavy atom. The molecule has 1 aromatic carbocycles. The summed E-state index contributed by atoms with van der Waals surface area (Å²) in [5, 5.41) is 3.17. The highest BCUT2D eigenvalue weighted by atomic mass is 16.5. The van der Waals surface area contributed by atoms with Crippen LogP contribution in [0.5, 0.6) is 5.75 Å². The highest BCUT2D eigenvalue weighted by Crippen LogP contribution is 2.32. The highest BCUT2D eigenvalue weighted by molar-refractivity contribution is 6.06. The molecule has 18 heavy (non-hydrogen) atoms. The number of carbonyl (C=O) groups excluding carboxylic acids is 1. The minimum Gasteiger partial charge on any atom is -0.490 e. The van der Waals surface area contributed by atoms with Crippen LogP contribution in [0.15, 0.2) is 35.4 Å². The zero-order chi connectivity index (χ0) is 12.5. The van der Waals surface area contributed by atoms with E-state index in [1.54, 1.807) is 0 Å². The van der Waals surface area contributed by atoms with E-state index >= 15 is 0 Å². The molecule has 0 saturated carbocycles. The number of anilines is 1. The van der Waals surface area contributed by atoms with E-state index in [-0.39, 0.29) is 5.91 Å². The molecule has 2 aliphatic rings. The number of hydrogen-bond donors (Lipinski definition) is 1. The fourth-order valence-corrected chi connectivity index (χ4v) is 2.25. The van der Waals surface area contributed by atoms with Gasteiger partial charge >= 0.3 is 0 Å². The average Bonchev–Trinajstić information content (AvgIpc) is 2.35. The third kappa shape index (κ3) is 1.78. The van der Waals surface area contributed by atoms with E-state index in [0.717, 1.165) is 30.1 Å². The van der Waals surface area contributed by atoms with Gasteiger partial charge in [0.05, 0.1) is 12.2 Å². The van der Waals surface area contributed by atoms with Crippen molar-refractivity contribution < 1.29 is 9.53 Å². The van der Waals surface area contributed by atoms with Crippen molar-refractivity contribution in [1.29, 1.82) is 0 Å². The van der Waals surface area contributed by atoms with Gasteiger partial charge in [-0.1, -0.05) is 12.1 Å². The predicted octanol–water partition coefficient (Wildman–Crippen LogP) is 1.33. The van der Waals surface area contributed by atoms with Gasteiger partial charge in [0.1, 0.15) is 12.4 Å². The smallest absolute Gasteiger partial charge is 0.254 e. The molecule has 94 valence electrons. The molecule has 1 amide bonds. The van der Waals surface area contributed by atoms with Gasteiger partial charge in [0.2, 0.25) is 0 Å². The highest BCUT2D eigenvalue weighted by Gasteiger charge is 2.26. The number of hydrogen-bond acceptors (Lipinski definition) is 3. The van der Waals surface area contributed by atoms with Gasteiger partial charge in [-0.25, -0.2) is 0 Å². The van der Waals surface area contributed by atoms with Crippen molar-refractivity contribution in [1.82, 2.24) is 5.32 Å². The van der Waals surface area contributed by atoms with E-state index in [1.165, 1.54) is 5.57 Å². The molecular formula is C14H16N2O2. The molecule has 1 fully saturated rings. The van der Waals surface area contributed by atoms with Crippen molar-refractivity contribution in [2.24, 2.45) is 0 Å². The summed E-state index contributed by atoms with van der Waals surface area (Å²) in [5.74, 6) is 0.892. The quantitative estimate of drug-likeness (QED) is 0.758. The Labute approximate surface area is 106 Å². The van der Waals surface area contributed by atoms with Crippen molar-refractivity contribution in [2.45, 2.75) is 6.92 Å². The number of para-hydroxylation sites is 2. The molecule has 2 aliphatic heterocycles. The second kappa shape index (κ2) is 4.46. The number of amides is 1. The van der Waals surface area contributed by atoms with Crippen molar-refractivity contribution in [3.8, 4) is 5.75 Å². The summed E-state index contributed by atoms with van der Waals surface area (Å²) in [6.07, 6.45) is 0. The number of rotatable bonds is 1. The van der Waals surface area contributed by atoms with Crippen LogP contribution in [-0.2, 0) is 4.79 Å². The summed E-state index contributed by atoms with van der Waals surface area (Å²) in [6.45, 7) is 4.77. The molecule has 1 saturated heterocycles. The van der Waals surface area contributed by atoms with E-state index in [4.69, 9.17) is 4.74 Å². The Hall–Kier alpha value is -1.81. The lowest BCUT2D eigenvalue weighted by atomic mass is 10.0. The summed E-state index contributed by atoms with van der Waals surface area (Å²) in [7, 11) is 0. The normalized spacial score (nSPS) is 17.6. The van der Waals surface area contributed by atoms with Crippen LogP contribution in [0, 0.1) is 0 Å². The number of fused-ring (bicyclic) bond motifs is 1. The van der Waals surface area contributed by atoms with Crippen molar-refractivity contribution in [3.05, 3.63) is 35.4 Å². The van der Waals surface area contributed by atoms with Crippen molar-refractivity contribution >= 4 is 11.6 Å². The summed E-state index contributed by atoms with van der Waals surface area (Å²) >= 11 is 0. The van der Waals surface area contributed by atoms with Crippen LogP contribution >= 0.6 is 0 Å². The maximum atomic E-state index is 12.5. The Kier molecular flexibility index (Phi) is 2.80. The molecule has 0 aromatic heterocycles. The number of nitrogens with zero attached hydrogens (tertiary/aromatic N) is 1. The molecule has 1 N–H and O–H groups in total. The first-order chi connectivity index (χ1) is 8.77. The molecule has 0 unspecified atom stereocenters. The maximum absolute atomic E-state index is 12.5. The van der Waals surface area contributed by atoms with Crippen LogP contribution in [0.3, 0.4) is 0 Å². The largest absolute Gasteiger partial charge is 0.490 e. The van der Waals surface area contributed by atoms with E-state index in [1.807, 2.05) is 36.1 Å². The topological polar surface area (TPSA) is 41.6 Å². The van der Waals surface area contributed by atoms with Crippen LogP contribution < -0.4 is 15.0 Å². The summed E-state index contributed by atoms with van der Waals surface area (Å²) in [5.41, 5.74) is 2.95. The van der Waals surface area contributed by atoms with E-state index in [0.29, 0.717) is 13.2 Å². The zero-order valence-corrected chi connectivity index (χ0v) is 10.4. The second-order valence-corrected chi connectivity index (χ2v) is 4.61. The molecule has 4 heteroatoms. The second-order valence-electron chi connectivity index (χ2n) is 4.61. The zero-order valence-electron chi connectivity index (χ0n) is 10.4. The fourth-order valence-electron chi connectivity index (χ4n) is 2.25. The van der Waals surface area contributed by atoms with Gasteiger partial charge in [-0.05, 0) is 24.6 Å². The molecule has 0 aliphatic carbocycles. The summed E-state index contributed by atoms with van der Waals surface area (Å²) in [4.78, 5) is 14.3. The average molecular weight is 244 g/mol. The lowest BCUT2D eigenvalue weighted by Gasteiger charge is -2.31. The van der Waals surface area contributed by atoms with Gasteiger partial charge in [-0.2, -0.15) is 0 Å². The van der Waals surface area contributed by atoms with Gasteiger partial charge in [0, 0.05) is 18.7 Å². The first-order valence-electron chi connectivity index (χ1n) is 6.20. The lowest BCUT2D eigenvalue weighted by Crippen LogP contribution is -2.42. The SMILES string of the molecule is CC(C(=O)N1CCOc2ccccc21)=C1CNC1. The third-order valence-electron chi connectivity index (χ3n) is 3.50. The van der Waals surface area contributed by atoms with Gasteiger partial charge in [0.25, 0.3) is 5.91 Å². The lowest BCUT2D eigenvalue weighted by molar-refractivity contribution is -0.115. The van der Waals surface area contributed by atoms with Gasteiger partial charge < -0.3 is 15.0 Å². The monoisotopic (exact) mass is 244 g/mol. The van der Waals surface area contributed by atoms with Crippen LogP contribution in [0.1, 0.15) is 6.92 Å². The van der Waals surface area contributed by atoms with Crippen LogP contribution in [0.25, 0.3) is 0 Å². The van der Waals surface area contributed by atoms with Crippen LogP contribution in [0.2, 0.25) is 0 Å². The molecule has 4 nitrogen and oxygen atoms in total. The standard InChI is InChI=1S/C14H16N2O2/c1-10(11-8-15-9-11)14(17)16-6-7-18-13-5-3-2-4-12(13)16/h2-5,15H,6-9H2,1H3. The van der Waals surface area contributed by atoms with Crippen LogP contribution in [0.4, 0.5) is 5.69 Å². The molecule has 0 bridgehead atoms. The Bertz CT molecular complexity index is 516. The maximum Gasteiger partial charge on any atom is 0.254 e. The van der Waals surface area contributed by atoms with Gasteiger partial charge in [0.15, 0.2) is 0 Å². The number of ether oxygens (including phenoxy) is 1. The molecule has 3 rings (SSSR count). The predicted molar refractivity (Wildman–Crippen MR) is 69.9 cm³/mol. The molecule has 2 heterocycles. The van der Waals surface area contributed by atoms with E-state index in [9.17, 15) is 4.79 Å². The van der Waals surface area contributed by atoms with Crippen molar-refractivity contribution in [2.75, 3.05) is 31.1 Å². The fraction of sp³-hybridized carbons (Fsp3) is 0.357. The third-order valence-corrected chi connectivity index (χ3v) is 3.50. The van der Waals surface area contributed by atoms with Crippen molar-refractivity contribution in [3.63, 3.8) is 0 Å². The van der Waals surface area contributed by atoms with Crippen LogP contribution in [-0.4, -0.2) is 32.1 Å². The minimum atomic E-state index is 0.0993. The Morgan fingerprint density at radius 1 is 1.33 bits per heavy atom. The van der Waals surface area contributed by atoms with Gasteiger partial charge in [-0.15, -0.1) is 0 Å². The first kappa shape index (κ1) is 11.3. The molecule has 0 atom stereocenters. The number of nitrogens with one attached hydrogen (secondary N) is 1. The molecule has 0 radical (unpaired) electrons. The van der Waals surface area contributed by atoms with Gasteiger partial charge in [-0.3, -0.25) is 4.79 Å². The minimum absolute atomic E-state index is 0.0993.